The second-order valence-electron chi connectivity index (χ2n) is 8.19. The quantitative estimate of drug-likeness (QED) is 0.702. The molecule has 7 heteroatoms. The van der Waals surface area contributed by atoms with Crippen molar-refractivity contribution in [2.24, 2.45) is 0 Å². The van der Waals surface area contributed by atoms with Crippen molar-refractivity contribution in [3.8, 4) is 0 Å². The number of amides is 4. The molecule has 0 bridgehead atoms. The lowest BCUT2D eigenvalue weighted by atomic mass is 9.87. The Balaban J connectivity index is 1.46. The van der Waals surface area contributed by atoms with Gasteiger partial charge in [0.25, 0.3) is 5.91 Å². The Hall–Kier alpha value is -3.35. The maximum atomic E-state index is 13.2. The molecule has 0 unspecified atom stereocenters. The van der Waals surface area contributed by atoms with Gasteiger partial charge >= 0.3 is 6.03 Å². The van der Waals surface area contributed by atoms with Crippen LogP contribution in [0, 0.1) is 6.92 Å². The number of nitrogens with one attached hydrogen (secondary N) is 2. The van der Waals surface area contributed by atoms with Crippen LogP contribution < -0.4 is 15.5 Å². The van der Waals surface area contributed by atoms with Crippen molar-refractivity contribution in [1.82, 2.24) is 10.2 Å². The summed E-state index contributed by atoms with van der Waals surface area (Å²) in [5.41, 5.74) is 2.36. The summed E-state index contributed by atoms with van der Waals surface area (Å²) in [6.07, 6.45) is 2.80. The van der Waals surface area contributed by atoms with Crippen LogP contribution >= 0.6 is 0 Å². The van der Waals surface area contributed by atoms with Crippen molar-refractivity contribution in [3.63, 3.8) is 0 Å². The summed E-state index contributed by atoms with van der Waals surface area (Å²) in [7, 11) is 0. The smallest absolute Gasteiger partial charge is 0.325 e. The molecule has 2 aromatic carbocycles. The molecular weight excluding hydrogens is 392 g/mol. The molecule has 2 fully saturated rings. The summed E-state index contributed by atoms with van der Waals surface area (Å²) >= 11 is 0. The average molecular weight is 421 g/mol. The number of carbonyl (C=O) groups excluding carboxylic acids is 3. The first-order valence-electron chi connectivity index (χ1n) is 10.8. The van der Waals surface area contributed by atoms with E-state index < -0.39 is 23.4 Å². The van der Waals surface area contributed by atoms with Crippen LogP contribution in [0.15, 0.2) is 48.5 Å². The molecule has 1 atom stereocenters. The monoisotopic (exact) mass is 420 g/mol. The topological polar surface area (TPSA) is 81.8 Å². The number of carbonyl (C=O) groups is 3. The van der Waals surface area contributed by atoms with Crippen molar-refractivity contribution in [2.75, 3.05) is 29.9 Å². The molecule has 0 radical (unpaired) electrons. The van der Waals surface area contributed by atoms with Gasteiger partial charge in [0.15, 0.2) is 0 Å². The van der Waals surface area contributed by atoms with Gasteiger partial charge in [-0.1, -0.05) is 37.3 Å². The number of imide groups is 1. The normalized spacial score (nSPS) is 20.8. The van der Waals surface area contributed by atoms with Gasteiger partial charge in [-0.15, -0.1) is 0 Å². The van der Waals surface area contributed by atoms with E-state index in [4.69, 9.17) is 0 Å². The predicted octanol–water partition coefficient (Wildman–Crippen LogP) is 3.39. The highest BCUT2D eigenvalue weighted by Gasteiger charge is 2.51. The molecule has 4 amide bonds. The first-order chi connectivity index (χ1) is 14.9. The zero-order valence-corrected chi connectivity index (χ0v) is 18.0. The van der Waals surface area contributed by atoms with Gasteiger partial charge in [-0.2, -0.15) is 0 Å². The number of anilines is 2. The molecule has 31 heavy (non-hydrogen) atoms. The number of urea groups is 1. The van der Waals surface area contributed by atoms with Crippen molar-refractivity contribution < 1.29 is 14.4 Å². The molecule has 2 saturated heterocycles. The van der Waals surface area contributed by atoms with E-state index in [9.17, 15) is 14.4 Å². The Morgan fingerprint density at radius 1 is 1.10 bits per heavy atom. The van der Waals surface area contributed by atoms with E-state index in [2.05, 4.69) is 21.6 Å². The van der Waals surface area contributed by atoms with E-state index in [1.54, 1.807) is 0 Å². The molecule has 4 rings (SSSR count). The van der Waals surface area contributed by atoms with Gasteiger partial charge in [-0.3, -0.25) is 14.5 Å². The van der Waals surface area contributed by atoms with Crippen LogP contribution in [0.3, 0.4) is 0 Å². The Bertz CT molecular complexity index is 1000. The molecule has 7 nitrogen and oxygen atoms in total. The highest BCUT2D eigenvalue weighted by molar-refractivity contribution is 6.10. The summed E-state index contributed by atoms with van der Waals surface area (Å²) in [5, 5.41) is 5.65. The summed E-state index contributed by atoms with van der Waals surface area (Å²) in [5.74, 6) is -0.803. The third-order valence-electron chi connectivity index (χ3n) is 6.23. The number of hydrogen-bond acceptors (Lipinski definition) is 4. The highest BCUT2D eigenvalue weighted by Crippen LogP contribution is 2.32. The van der Waals surface area contributed by atoms with Crippen molar-refractivity contribution in [2.45, 2.75) is 38.6 Å². The Kier molecular flexibility index (Phi) is 5.67. The van der Waals surface area contributed by atoms with Crippen molar-refractivity contribution >= 4 is 29.2 Å². The minimum Gasteiger partial charge on any atom is -0.372 e. The lowest BCUT2D eigenvalue weighted by Crippen LogP contribution is -2.44. The van der Waals surface area contributed by atoms with Gasteiger partial charge in [0, 0.05) is 24.5 Å². The van der Waals surface area contributed by atoms with Crippen LogP contribution in [0.2, 0.25) is 0 Å². The SMILES string of the molecule is CC[C@]1(c2ccccc2)NC(=O)N(CC(=O)Nc2ccc(N3CCCC3)cc2C)C1=O. The zero-order valence-electron chi connectivity index (χ0n) is 18.0. The number of aryl methyl sites for hydroxylation is 1. The van der Waals surface area contributed by atoms with Crippen LogP contribution in [0.1, 0.15) is 37.3 Å². The average Bonchev–Trinajstić information content (AvgIpc) is 3.39. The predicted molar refractivity (Wildman–Crippen MR) is 120 cm³/mol. The van der Waals surface area contributed by atoms with Crippen LogP contribution in [0.5, 0.6) is 0 Å². The van der Waals surface area contributed by atoms with E-state index in [0.717, 1.165) is 29.2 Å². The minimum absolute atomic E-state index is 0.327. The number of benzene rings is 2. The fourth-order valence-corrected chi connectivity index (χ4v) is 4.43. The van der Waals surface area contributed by atoms with E-state index >= 15 is 0 Å². The van der Waals surface area contributed by atoms with Crippen molar-refractivity contribution in [1.29, 1.82) is 0 Å². The van der Waals surface area contributed by atoms with Gasteiger partial charge in [0.2, 0.25) is 5.91 Å². The molecule has 0 aromatic heterocycles. The van der Waals surface area contributed by atoms with Gasteiger partial charge in [0.1, 0.15) is 12.1 Å². The van der Waals surface area contributed by atoms with Gasteiger partial charge in [0.05, 0.1) is 0 Å². The molecular formula is C24H28N4O3. The Morgan fingerprint density at radius 2 is 1.81 bits per heavy atom. The van der Waals surface area contributed by atoms with Crippen LogP contribution in [0.4, 0.5) is 16.2 Å². The van der Waals surface area contributed by atoms with Gasteiger partial charge < -0.3 is 15.5 Å². The van der Waals surface area contributed by atoms with E-state index in [1.165, 1.54) is 12.8 Å². The van der Waals surface area contributed by atoms with Gasteiger partial charge in [-0.05, 0) is 55.5 Å². The summed E-state index contributed by atoms with van der Waals surface area (Å²) in [6.45, 7) is 5.57. The molecule has 162 valence electrons. The first-order valence-corrected chi connectivity index (χ1v) is 10.8. The number of nitrogens with zero attached hydrogens (tertiary/aromatic N) is 2. The molecule has 2 aromatic rings. The standard InChI is InChI=1S/C24H28N4O3/c1-3-24(18-9-5-4-6-10-18)22(30)28(23(31)26-24)16-21(29)25-20-12-11-19(15-17(20)2)27-13-7-8-14-27/h4-6,9-12,15H,3,7-8,13-14,16H2,1-2H3,(H,25,29)(H,26,31)/t24-/m1/s1. The highest BCUT2D eigenvalue weighted by atomic mass is 16.2. The largest absolute Gasteiger partial charge is 0.372 e. The minimum atomic E-state index is -1.13. The van der Waals surface area contributed by atoms with E-state index in [0.29, 0.717) is 17.7 Å². The lowest BCUT2D eigenvalue weighted by molar-refractivity contribution is -0.134. The number of hydrogen-bond donors (Lipinski definition) is 2. The maximum absolute atomic E-state index is 13.2. The third-order valence-corrected chi connectivity index (χ3v) is 6.23. The molecule has 0 aliphatic carbocycles. The summed E-state index contributed by atoms with van der Waals surface area (Å²) < 4.78 is 0. The van der Waals surface area contributed by atoms with E-state index in [-0.39, 0.29) is 6.54 Å². The lowest BCUT2D eigenvalue weighted by Gasteiger charge is -2.25. The molecule has 0 saturated carbocycles. The number of rotatable bonds is 6. The summed E-state index contributed by atoms with van der Waals surface area (Å²) in [6, 6.07) is 14.5. The molecule has 2 aliphatic heterocycles. The van der Waals surface area contributed by atoms with Crippen LogP contribution in [-0.2, 0) is 15.1 Å². The van der Waals surface area contributed by atoms with Crippen LogP contribution in [-0.4, -0.2) is 42.4 Å². The Morgan fingerprint density at radius 3 is 2.45 bits per heavy atom. The second kappa shape index (κ2) is 8.41. The fourth-order valence-electron chi connectivity index (χ4n) is 4.43. The second-order valence-corrected chi connectivity index (χ2v) is 8.19. The van der Waals surface area contributed by atoms with E-state index in [1.807, 2.05) is 56.3 Å². The van der Waals surface area contributed by atoms with Crippen molar-refractivity contribution in [3.05, 3.63) is 59.7 Å². The maximum Gasteiger partial charge on any atom is 0.325 e. The fraction of sp³-hybridized carbons (Fsp3) is 0.375. The molecule has 2 aliphatic rings. The third kappa shape index (κ3) is 3.87. The zero-order chi connectivity index (χ0) is 22.0. The Labute approximate surface area is 182 Å². The van der Waals surface area contributed by atoms with Gasteiger partial charge in [-0.25, -0.2) is 4.79 Å². The van der Waals surface area contributed by atoms with Crippen LogP contribution in [0.25, 0.3) is 0 Å². The molecule has 2 N–H and O–H groups in total. The molecule has 0 spiro atoms. The first kappa shape index (κ1) is 20.9. The molecule has 2 heterocycles. The summed E-state index contributed by atoms with van der Waals surface area (Å²) in [4.78, 5) is 41.8.